The van der Waals surface area contributed by atoms with Crippen LogP contribution >= 0.6 is 0 Å². The Hall–Kier alpha value is -2.34. The number of carboxylic acid groups (broad SMARTS) is 1. The van der Waals surface area contributed by atoms with Crippen LogP contribution in [0.1, 0.15) is 12.8 Å². The molecule has 0 saturated carbocycles. The maximum Gasteiger partial charge on any atom is 0.404 e. The molecule has 2 heterocycles. The van der Waals surface area contributed by atoms with Crippen LogP contribution in [0.15, 0.2) is 41.2 Å². The molecular weight excluding hydrogens is 294 g/mol. The summed E-state index contributed by atoms with van der Waals surface area (Å²) in [5.41, 5.74) is 0.980. The monoisotopic (exact) mass is 315 g/mol. The van der Waals surface area contributed by atoms with Gasteiger partial charge < -0.3 is 19.9 Å². The van der Waals surface area contributed by atoms with Gasteiger partial charge in [-0.05, 0) is 30.4 Å². The number of rotatable bonds is 4. The number of benzene rings is 1. The zero-order valence-electron chi connectivity index (χ0n) is 12.9. The number of hydrogen-bond donors (Lipinski definition) is 2. The van der Waals surface area contributed by atoms with Gasteiger partial charge in [-0.25, -0.2) is 4.79 Å². The van der Waals surface area contributed by atoms with Gasteiger partial charge in [0.25, 0.3) is 5.56 Å². The Morgan fingerprint density at radius 1 is 1.13 bits per heavy atom. The molecule has 3 rings (SSSR count). The van der Waals surface area contributed by atoms with Crippen molar-refractivity contribution in [2.75, 3.05) is 19.6 Å². The molecule has 23 heavy (non-hydrogen) atoms. The van der Waals surface area contributed by atoms with Gasteiger partial charge in [-0.2, -0.15) is 0 Å². The first-order chi connectivity index (χ1) is 11.1. The van der Waals surface area contributed by atoms with Crippen LogP contribution in [-0.4, -0.2) is 46.3 Å². The van der Waals surface area contributed by atoms with Crippen LogP contribution in [0.3, 0.4) is 0 Å². The minimum atomic E-state index is -0.953. The van der Waals surface area contributed by atoms with Crippen molar-refractivity contribution in [2.45, 2.75) is 25.4 Å². The molecule has 2 N–H and O–H groups in total. The SMILES string of the molecule is O=C(O)NC1CCN(CCn2c(=O)ccc3ccccc32)CC1. The lowest BCUT2D eigenvalue weighted by Crippen LogP contribution is -2.45. The number of carbonyl (C=O) groups is 1. The van der Waals surface area contributed by atoms with Crippen molar-refractivity contribution in [3.63, 3.8) is 0 Å². The molecule has 6 nitrogen and oxygen atoms in total. The summed E-state index contributed by atoms with van der Waals surface area (Å²) >= 11 is 0. The number of fused-ring (bicyclic) bond motifs is 1. The maximum atomic E-state index is 12.1. The highest BCUT2D eigenvalue weighted by Gasteiger charge is 2.20. The topological polar surface area (TPSA) is 74.6 Å². The molecule has 0 bridgehead atoms. The molecular formula is C17H21N3O3. The van der Waals surface area contributed by atoms with Crippen LogP contribution in [0.5, 0.6) is 0 Å². The van der Waals surface area contributed by atoms with Gasteiger partial charge in [0.2, 0.25) is 0 Å². The Morgan fingerprint density at radius 3 is 2.61 bits per heavy atom. The van der Waals surface area contributed by atoms with E-state index >= 15 is 0 Å². The molecule has 0 unspecified atom stereocenters. The third-order valence-corrected chi connectivity index (χ3v) is 4.45. The summed E-state index contributed by atoms with van der Waals surface area (Å²) in [6.07, 6.45) is 0.679. The number of hydrogen-bond acceptors (Lipinski definition) is 3. The van der Waals surface area contributed by atoms with Crippen LogP contribution in [0.4, 0.5) is 4.79 Å². The van der Waals surface area contributed by atoms with Gasteiger partial charge in [-0.3, -0.25) is 4.79 Å². The van der Waals surface area contributed by atoms with Crippen molar-refractivity contribution in [1.82, 2.24) is 14.8 Å². The van der Waals surface area contributed by atoms with Crippen LogP contribution in [0.25, 0.3) is 10.9 Å². The van der Waals surface area contributed by atoms with E-state index < -0.39 is 6.09 Å². The van der Waals surface area contributed by atoms with Crippen molar-refractivity contribution < 1.29 is 9.90 Å². The van der Waals surface area contributed by atoms with Gasteiger partial charge in [0.05, 0.1) is 5.52 Å². The molecule has 1 amide bonds. The second-order valence-corrected chi connectivity index (χ2v) is 5.95. The standard InChI is InChI=1S/C17H21N3O3/c21-16-6-5-13-3-1-2-4-15(13)20(16)12-11-19-9-7-14(8-10-19)18-17(22)23/h1-6,14,18H,7-12H2,(H,22,23). The fourth-order valence-corrected chi connectivity index (χ4v) is 3.19. The number of para-hydroxylation sites is 1. The van der Waals surface area contributed by atoms with Crippen molar-refractivity contribution in [3.8, 4) is 0 Å². The summed E-state index contributed by atoms with van der Waals surface area (Å²) in [4.78, 5) is 25.1. The first-order valence-corrected chi connectivity index (χ1v) is 7.94. The molecule has 1 saturated heterocycles. The second kappa shape index (κ2) is 6.83. The average Bonchev–Trinajstić information content (AvgIpc) is 2.55. The third kappa shape index (κ3) is 3.71. The van der Waals surface area contributed by atoms with E-state index in [1.807, 2.05) is 34.9 Å². The number of pyridine rings is 1. The fraction of sp³-hybridized carbons (Fsp3) is 0.412. The zero-order chi connectivity index (χ0) is 16.2. The molecule has 2 aromatic rings. The van der Waals surface area contributed by atoms with E-state index in [4.69, 9.17) is 5.11 Å². The smallest absolute Gasteiger partial charge is 0.404 e. The lowest BCUT2D eigenvalue weighted by Gasteiger charge is -2.31. The highest BCUT2D eigenvalue weighted by atomic mass is 16.4. The Kier molecular flexibility index (Phi) is 4.62. The quantitative estimate of drug-likeness (QED) is 0.901. The van der Waals surface area contributed by atoms with Crippen LogP contribution in [-0.2, 0) is 6.54 Å². The van der Waals surface area contributed by atoms with Crippen molar-refractivity contribution in [2.24, 2.45) is 0 Å². The van der Waals surface area contributed by atoms with Gasteiger partial charge in [0.1, 0.15) is 0 Å². The number of amides is 1. The average molecular weight is 315 g/mol. The molecule has 0 spiro atoms. The van der Waals surface area contributed by atoms with Gasteiger partial charge in [-0.1, -0.05) is 18.2 Å². The Balaban J connectivity index is 1.63. The summed E-state index contributed by atoms with van der Waals surface area (Å²) in [5.74, 6) is 0. The molecule has 1 fully saturated rings. The van der Waals surface area contributed by atoms with Gasteiger partial charge in [-0.15, -0.1) is 0 Å². The number of likely N-dealkylation sites (tertiary alicyclic amines) is 1. The van der Waals surface area contributed by atoms with E-state index in [1.165, 1.54) is 0 Å². The van der Waals surface area contributed by atoms with E-state index in [1.54, 1.807) is 6.07 Å². The van der Waals surface area contributed by atoms with E-state index in [0.29, 0.717) is 6.54 Å². The van der Waals surface area contributed by atoms with Crippen LogP contribution in [0.2, 0.25) is 0 Å². The summed E-state index contributed by atoms with van der Waals surface area (Å²) in [5, 5.41) is 12.4. The molecule has 6 heteroatoms. The Bertz CT molecular complexity index is 748. The normalized spacial score (nSPS) is 16.5. The zero-order valence-corrected chi connectivity index (χ0v) is 12.9. The van der Waals surface area contributed by atoms with Crippen molar-refractivity contribution >= 4 is 17.0 Å². The minimum absolute atomic E-state index is 0.0196. The van der Waals surface area contributed by atoms with Gasteiger partial charge >= 0.3 is 6.09 Å². The Labute approximate surface area is 134 Å². The molecule has 122 valence electrons. The molecule has 0 atom stereocenters. The summed E-state index contributed by atoms with van der Waals surface area (Å²) < 4.78 is 1.82. The lowest BCUT2D eigenvalue weighted by molar-refractivity contribution is 0.166. The highest BCUT2D eigenvalue weighted by molar-refractivity contribution is 5.78. The van der Waals surface area contributed by atoms with E-state index in [-0.39, 0.29) is 11.6 Å². The summed E-state index contributed by atoms with van der Waals surface area (Å²) in [6.45, 7) is 3.15. The molecule has 1 aliphatic rings. The molecule has 0 aliphatic carbocycles. The van der Waals surface area contributed by atoms with Crippen LogP contribution in [0, 0.1) is 0 Å². The van der Waals surface area contributed by atoms with Crippen molar-refractivity contribution in [3.05, 3.63) is 46.8 Å². The number of piperidine rings is 1. The van der Waals surface area contributed by atoms with Gasteiger partial charge in [0.15, 0.2) is 0 Å². The van der Waals surface area contributed by atoms with Crippen molar-refractivity contribution in [1.29, 1.82) is 0 Å². The second-order valence-electron chi connectivity index (χ2n) is 5.95. The van der Waals surface area contributed by atoms with E-state index in [9.17, 15) is 9.59 Å². The summed E-state index contributed by atoms with van der Waals surface area (Å²) in [7, 11) is 0. The Morgan fingerprint density at radius 2 is 1.87 bits per heavy atom. The molecule has 1 aliphatic heterocycles. The number of aromatic nitrogens is 1. The highest BCUT2D eigenvalue weighted by Crippen LogP contribution is 2.13. The maximum absolute atomic E-state index is 12.1. The van der Waals surface area contributed by atoms with E-state index in [2.05, 4.69) is 10.2 Å². The summed E-state index contributed by atoms with van der Waals surface area (Å²) in [6, 6.07) is 11.4. The number of nitrogens with zero attached hydrogens (tertiary/aromatic N) is 2. The van der Waals surface area contributed by atoms with Crippen LogP contribution < -0.4 is 10.9 Å². The predicted octanol–water partition coefficient (Wildman–Crippen LogP) is 1.73. The number of nitrogens with one attached hydrogen (secondary N) is 1. The molecule has 1 aromatic carbocycles. The minimum Gasteiger partial charge on any atom is -0.465 e. The first kappa shape index (κ1) is 15.6. The molecule has 1 aromatic heterocycles. The largest absolute Gasteiger partial charge is 0.465 e. The lowest BCUT2D eigenvalue weighted by atomic mass is 10.1. The van der Waals surface area contributed by atoms with E-state index in [0.717, 1.165) is 43.4 Å². The fourth-order valence-electron chi connectivity index (χ4n) is 3.19. The van der Waals surface area contributed by atoms with Gasteiger partial charge in [0, 0.05) is 38.3 Å². The third-order valence-electron chi connectivity index (χ3n) is 4.45. The first-order valence-electron chi connectivity index (χ1n) is 7.94. The molecule has 0 radical (unpaired) electrons. The predicted molar refractivity (Wildman–Crippen MR) is 88.8 cm³/mol.